The van der Waals surface area contributed by atoms with Crippen LogP contribution in [0.5, 0.6) is 0 Å². The molecule has 6 heteroatoms. The van der Waals surface area contributed by atoms with E-state index in [9.17, 15) is 9.59 Å². The minimum absolute atomic E-state index is 0.0269. The Hall–Kier alpha value is -1.14. The summed E-state index contributed by atoms with van der Waals surface area (Å²) in [4.78, 5) is 32.1. The summed E-state index contributed by atoms with van der Waals surface area (Å²) in [5, 5.41) is 0. The molecular formula is C21H35N3O3. The zero-order valence-electron chi connectivity index (χ0n) is 16.6. The summed E-state index contributed by atoms with van der Waals surface area (Å²) >= 11 is 0. The summed E-state index contributed by atoms with van der Waals surface area (Å²) in [5.74, 6) is 1.31. The third-order valence-electron chi connectivity index (χ3n) is 7.11. The Morgan fingerprint density at radius 2 is 1.67 bits per heavy atom. The molecule has 4 aliphatic rings. The number of morpholine rings is 1. The van der Waals surface area contributed by atoms with Crippen molar-refractivity contribution in [1.82, 2.24) is 14.7 Å². The summed E-state index contributed by atoms with van der Waals surface area (Å²) in [5.41, 5.74) is 0. The third kappa shape index (κ3) is 4.65. The highest BCUT2D eigenvalue weighted by Gasteiger charge is 2.37. The largest absolute Gasteiger partial charge is 0.379 e. The van der Waals surface area contributed by atoms with Crippen molar-refractivity contribution in [2.45, 2.75) is 57.4 Å². The Labute approximate surface area is 163 Å². The van der Waals surface area contributed by atoms with Crippen molar-refractivity contribution in [3.8, 4) is 0 Å². The van der Waals surface area contributed by atoms with Crippen molar-refractivity contribution in [3.63, 3.8) is 0 Å². The molecule has 6 nitrogen and oxygen atoms in total. The molecule has 3 heterocycles. The van der Waals surface area contributed by atoms with Crippen molar-refractivity contribution >= 4 is 11.8 Å². The molecule has 0 spiro atoms. The molecule has 1 saturated carbocycles. The molecule has 1 aliphatic carbocycles. The van der Waals surface area contributed by atoms with Gasteiger partial charge in [0.05, 0.1) is 19.1 Å². The first kappa shape index (κ1) is 19.2. The molecular weight excluding hydrogens is 342 g/mol. The van der Waals surface area contributed by atoms with E-state index in [1.165, 1.54) is 12.8 Å². The maximum absolute atomic E-state index is 13.1. The Bertz CT molecular complexity index is 521. The number of hydrogen-bond donors (Lipinski definition) is 0. The third-order valence-corrected chi connectivity index (χ3v) is 7.11. The van der Waals surface area contributed by atoms with Crippen LogP contribution in [0.3, 0.4) is 0 Å². The molecule has 0 N–H and O–H groups in total. The van der Waals surface area contributed by atoms with Gasteiger partial charge >= 0.3 is 0 Å². The van der Waals surface area contributed by atoms with Gasteiger partial charge < -0.3 is 14.5 Å². The van der Waals surface area contributed by atoms with Gasteiger partial charge in [0, 0.05) is 51.7 Å². The summed E-state index contributed by atoms with van der Waals surface area (Å²) < 4.78 is 5.44. The van der Waals surface area contributed by atoms with Crippen LogP contribution in [0.4, 0.5) is 0 Å². The average Bonchev–Trinajstić information content (AvgIpc) is 3.24. The molecule has 0 aromatic heterocycles. The lowest BCUT2D eigenvalue weighted by Gasteiger charge is -2.40. The number of piperidine rings is 2. The van der Waals surface area contributed by atoms with Crippen LogP contribution in [-0.4, -0.2) is 85.0 Å². The van der Waals surface area contributed by atoms with E-state index in [1.54, 1.807) is 0 Å². The van der Waals surface area contributed by atoms with Crippen LogP contribution < -0.4 is 0 Å². The molecule has 3 aliphatic heterocycles. The molecule has 27 heavy (non-hydrogen) atoms. The summed E-state index contributed by atoms with van der Waals surface area (Å²) in [6, 6.07) is 0.396. The molecule has 1 unspecified atom stereocenters. The van der Waals surface area contributed by atoms with Crippen molar-refractivity contribution in [2.75, 3.05) is 52.5 Å². The maximum atomic E-state index is 13.1. The van der Waals surface area contributed by atoms with Gasteiger partial charge in [0.2, 0.25) is 11.8 Å². The maximum Gasteiger partial charge on any atom is 0.227 e. The molecule has 0 aromatic rings. The van der Waals surface area contributed by atoms with Crippen LogP contribution >= 0.6 is 0 Å². The normalized spacial score (nSPS) is 29.5. The molecule has 4 fully saturated rings. The average molecular weight is 378 g/mol. The Kier molecular flexibility index (Phi) is 6.33. The number of ether oxygens (including phenoxy) is 1. The Morgan fingerprint density at radius 3 is 2.37 bits per heavy atom. The van der Waals surface area contributed by atoms with Crippen LogP contribution in [0.15, 0.2) is 0 Å². The highest BCUT2D eigenvalue weighted by atomic mass is 16.5. The smallest absolute Gasteiger partial charge is 0.227 e. The van der Waals surface area contributed by atoms with Gasteiger partial charge in [-0.2, -0.15) is 0 Å². The van der Waals surface area contributed by atoms with Crippen molar-refractivity contribution in [1.29, 1.82) is 0 Å². The summed E-state index contributed by atoms with van der Waals surface area (Å²) in [7, 11) is 0. The van der Waals surface area contributed by atoms with Crippen LogP contribution in [0, 0.1) is 11.8 Å². The van der Waals surface area contributed by atoms with E-state index in [1.807, 2.05) is 4.90 Å². The van der Waals surface area contributed by atoms with E-state index < -0.39 is 0 Å². The van der Waals surface area contributed by atoms with Gasteiger partial charge in [-0.1, -0.05) is 12.8 Å². The lowest BCUT2D eigenvalue weighted by molar-refractivity contribution is -0.145. The first-order chi connectivity index (χ1) is 13.2. The fourth-order valence-electron chi connectivity index (χ4n) is 5.39. The predicted octanol–water partition coefficient (Wildman–Crippen LogP) is 1.74. The molecule has 0 bridgehead atoms. The molecule has 1 atom stereocenters. The number of hydrogen-bond acceptors (Lipinski definition) is 4. The SMILES string of the molecule is O=C(C1CCC(=O)N(C2CCCC2)C1)N1CCC(CN2CCOCC2)CC1. The minimum atomic E-state index is 0.0269. The van der Waals surface area contributed by atoms with Crippen molar-refractivity contribution in [3.05, 3.63) is 0 Å². The number of rotatable bonds is 4. The fourth-order valence-corrected chi connectivity index (χ4v) is 5.39. The van der Waals surface area contributed by atoms with E-state index in [0.717, 1.165) is 78.0 Å². The number of nitrogens with zero attached hydrogens (tertiary/aromatic N) is 3. The highest BCUT2D eigenvalue weighted by molar-refractivity contribution is 5.84. The number of amides is 2. The van der Waals surface area contributed by atoms with Gasteiger partial charge in [-0.15, -0.1) is 0 Å². The monoisotopic (exact) mass is 377 g/mol. The zero-order valence-corrected chi connectivity index (χ0v) is 16.6. The summed E-state index contributed by atoms with van der Waals surface area (Å²) in [6.45, 7) is 7.40. The van der Waals surface area contributed by atoms with Gasteiger partial charge in [-0.25, -0.2) is 0 Å². The number of carbonyl (C=O) groups excluding carboxylic acids is 2. The van der Waals surface area contributed by atoms with Gasteiger partial charge in [0.25, 0.3) is 0 Å². The van der Waals surface area contributed by atoms with E-state index in [2.05, 4.69) is 9.80 Å². The standard InChI is InChI=1S/C21H35N3O3/c25-20-6-5-18(16-24(20)19-3-1-2-4-19)21(26)23-9-7-17(8-10-23)15-22-11-13-27-14-12-22/h17-19H,1-16H2. The first-order valence-corrected chi connectivity index (χ1v) is 11.1. The molecule has 2 amide bonds. The second-order valence-electron chi connectivity index (χ2n) is 8.90. The van der Waals surface area contributed by atoms with Crippen LogP contribution in [0.1, 0.15) is 51.4 Å². The van der Waals surface area contributed by atoms with Gasteiger partial charge in [-0.05, 0) is 38.0 Å². The van der Waals surface area contributed by atoms with E-state index in [0.29, 0.717) is 30.8 Å². The van der Waals surface area contributed by atoms with Gasteiger partial charge in [0.15, 0.2) is 0 Å². The predicted molar refractivity (Wildman–Crippen MR) is 103 cm³/mol. The lowest BCUT2D eigenvalue weighted by atomic mass is 9.91. The van der Waals surface area contributed by atoms with E-state index in [-0.39, 0.29) is 11.8 Å². The zero-order chi connectivity index (χ0) is 18.6. The van der Waals surface area contributed by atoms with E-state index >= 15 is 0 Å². The number of carbonyl (C=O) groups is 2. The highest BCUT2D eigenvalue weighted by Crippen LogP contribution is 2.30. The molecule has 0 radical (unpaired) electrons. The Morgan fingerprint density at radius 1 is 0.963 bits per heavy atom. The van der Waals surface area contributed by atoms with Gasteiger partial charge in [-0.3, -0.25) is 14.5 Å². The van der Waals surface area contributed by atoms with Crippen LogP contribution in [-0.2, 0) is 14.3 Å². The minimum Gasteiger partial charge on any atom is -0.379 e. The van der Waals surface area contributed by atoms with Crippen molar-refractivity contribution in [2.24, 2.45) is 11.8 Å². The molecule has 0 aromatic carbocycles. The topological polar surface area (TPSA) is 53.1 Å². The molecule has 3 saturated heterocycles. The van der Waals surface area contributed by atoms with Gasteiger partial charge in [0.1, 0.15) is 0 Å². The quantitative estimate of drug-likeness (QED) is 0.749. The Balaban J connectivity index is 1.25. The lowest BCUT2D eigenvalue weighted by Crippen LogP contribution is -2.51. The first-order valence-electron chi connectivity index (χ1n) is 11.1. The number of likely N-dealkylation sites (tertiary alicyclic amines) is 2. The van der Waals surface area contributed by atoms with Crippen molar-refractivity contribution < 1.29 is 14.3 Å². The summed E-state index contributed by atoms with van der Waals surface area (Å²) in [6.07, 6.45) is 8.23. The van der Waals surface area contributed by atoms with Crippen LogP contribution in [0.25, 0.3) is 0 Å². The second kappa shape index (κ2) is 8.91. The van der Waals surface area contributed by atoms with E-state index in [4.69, 9.17) is 4.74 Å². The fraction of sp³-hybridized carbons (Fsp3) is 0.905. The molecule has 4 rings (SSSR count). The van der Waals surface area contributed by atoms with Crippen LogP contribution in [0.2, 0.25) is 0 Å². The molecule has 152 valence electrons. The second-order valence-corrected chi connectivity index (χ2v) is 8.90.